The SMILES string of the molecule is O=C(NCC#Cc1ccc(N2CCCCC2=O)cc1)c1cc(C(F)(F)F)cc(C(F)(F)F)c1. The van der Waals surface area contributed by atoms with Gasteiger partial charge in [-0.05, 0) is 55.3 Å². The Morgan fingerprint density at radius 2 is 1.55 bits per heavy atom. The highest BCUT2D eigenvalue weighted by Gasteiger charge is 2.37. The molecule has 0 saturated carbocycles. The van der Waals surface area contributed by atoms with E-state index in [-0.39, 0.29) is 18.5 Å². The Bertz CT molecular complexity index is 1060. The summed E-state index contributed by atoms with van der Waals surface area (Å²) in [6.07, 6.45) is -7.80. The van der Waals surface area contributed by atoms with Crippen LogP contribution in [0.2, 0.25) is 0 Å². The van der Waals surface area contributed by atoms with Crippen LogP contribution in [0.25, 0.3) is 0 Å². The number of hydrogen-bond acceptors (Lipinski definition) is 2. The number of carbonyl (C=O) groups is 2. The van der Waals surface area contributed by atoms with Gasteiger partial charge in [-0.3, -0.25) is 9.59 Å². The Balaban J connectivity index is 1.66. The number of benzene rings is 2. The Morgan fingerprint density at radius 3 is 2.09 bits per heavy atom. The van der Waals surface area contributed by atoms with E-state index in [0.29, 0.717) is 30.7 Å². The van der Waals surface area contributed by atoms with Crippen LogP contribution >= 0.6 is 0 Å². The van der Waals surface area contributed by atoms with Gasteiger partial charge >= 0.3 is 12.4 Å². The average molecular weight is 468 g/mol. The summed E-state index contributed by atoms with van der Waals surface area (Å²) in [4.78, 5) is 25.8. The van der Waals surface area contributed by atoms with Crippen molar-refractivity contribution in [3.05, 3.63) is 64.7 Å². The molecule has 4 nitrogen and oxygen atoms in total. The summed E-state index contributed by atoms with van der Waals surface area (Å²) in [6.45, 7) is 0.351. The number of alkyl halides is 6. The van der Waals surface area contributed by atoms with Gasteiger partial charge in [-0.15, -0.1) is 0 Å². The molecule has 1 saturated heterocycles. The average Bonchev–Trinajstić information content (AvgIpc) is 2.76. The third-order valence-corrected chi connectivity index (χ3v) is 4.92. The van der Waals surface area contributed by atoms with E-state index in [4.69, 9.17) is 0 Å². The third-order valence-electron chi connectivity index (χ3n) is 4.92. The molecule has 0 unspecified atom stereocenters. The lowest BCUT2D eigenvalue weighted by Crippen LogP contribution is -2.35. The second kappa shape index (κ2) is 9.57. The van der Waals surface area contributed by atoms with Crippen molar-refractivity contribution in [3.8, 4) is 11.8 Å². The summed E-state index contributed by atoms with van der Waals surface area (Å²) in [5, 5.41) is 2.20. The maximum absolute atomic E-state index is 12.9. The largest absolute Gasteiger partial charge is 0.416 e. The molecule has 174 valence electrons. The Morgan fingerprint density at radius 1 is 0.939 bits per heavy atom. The molecule has 0 atom stereocenters. The molecule has 10 heteroatoms. The number of piperidine rings is 1. The molecule has 33 heavy (non-hydrogen) atoms. The van der Waals surface area contributed by atoms with Crippen LogP contribution in [0.4, 0.5) is 32.0 Å². The first-order chi connectivity index (χ1) is 15.4. The molecule has 0 bridgehead atoms. The quantitative estimate of drug-likeness (QED) is 0.508. The summed E-state index contributed by atoms with van der Waals surface area (Å²) in [5.41, 5.74) is -2.60. The Labute approximate surface area is 185 Å². The van der Waals surface area contributed by atoms with Crippen molar-refractivity contribution < 1.29 is 35.9 Å². The van der Waals surface area contributed by atoms with E-state index in [9.17, 15) is 35.9 Å². The first-order valence-corrected chi connectivity index (χ1v) is 9.92. The lowest BCUT2D eigenvalue weighted by Gasteiger charge is -2.26. The van der Waals surface area contributed by atoms with Crippen LogP contribution in [0.1, 0.15) is 46.3 Å². The molecule has 2 aromatic rings. The molecule has 1 aliphatic rings. The second-order valence-electron chi connectivity index (χ2n) is 7.33. The van der Waals surface area contributed by atoms with E-state index < -0.39 is 35.0 Å². The molecule has 0 spiro atoms. The van der Waals surface area contributed by atoms with E-state index in [1.165, 1.54) is 0 Å². The van der Waals surface area contributed by atoms with E-state index in [1.807, 2.05) is 0 Å². The summed E-state index contributed by atoms with van der Waals surface area (Å²) in [7, 11) is 0. The molecular weight excluding hydrogens is 450 g/mol. The van der Waals surface area contributed by atoms with E-state index in [1.54, 1.807) is 29.2 Å². The maximum Gasteiger partial charge on any atom is 0.416 e. The molecular formula is C23H18F6N2O2. The molecule has 1 fully saturated rings. The van der Waals surface area contributed by atoms with Gasteiger partial charge in [-0.25, -0.2) is 0 Å². The molecule has 0 radical (unpaired) electrons. The van der Waals surface area contributed by atoms with Crippen molar-refractivity contribution in [3.63, 3.8) is 0 Å². The van der Waals surface area contributed by atoms with Crippen molar-refractivity contribution in [1.29, 1.82) is 0 Å². The van der Waals surface area contributed by atoms with E-state index >= 15 is 0 Å². The molecule has 2 amide bonds. The number of anilines is 1. The zero-order valence-electron chi connectivity index (χ0n) is 17.1. The van der Waals surface area contributed by atoms with Crippen LogP contribution < -0.4 is 10.2 Å². The topological polar surface area (TPSA) is 49.4 Å². The highest BCUT2D eigenvalue weighted by atomic mass is 19.4. The summed E-state index contributed by atoms with van der Waals surface area (Å²) < 4.78 is 77.5. The molecule has 2 aromatic carbocycles. The lowest BCUT2D eigenvalue weighted by molar-refractivity contribution is -0.143. The van der Waals surface area contributed by atoms with Crippen LogP contribution in [0, 0.1) is 11.8 Å². The number of halogens is 6. The van der Waals surface area contributed by atoms with Gasteiger partial charge in [0.2, 0.25) is 5.91 Å². The number of nitrogens with zero attached hydrogens (tertiary/aromatic N) is 1. The smallest absolute Gasteiger partial charge is 0.341 e. The van der Waals surface area contributed by atoms with E-state index in [0.717, 1.165) is 18.5 Å². The number of hydrogen-bond donors (Lipinski definition) is 1. The molecule has 0 aromatic heterocycles. The van der Waals surface area contributed by atoms with Crippen LogP contribution in [0.5, 0.6) is 0 Å². The van der Waals surface area contributed by atoms with Crippen LogP contribution in [0.3, 0.4) is 0 Å². The van der Waals surface area contributed by atoms with Crippen molar-refractivity contribution in [2.45, 2.75) is 31.6 Å². The summed E-state index contributed by atoms with van der Waals surface area (Å²) in [5.74, 6) is 4.26. The molecule has 0 aliphatic carbocycles. The van der Waals surface area contributed by atoms with Gasteiger partial charge in [-0.1, -0.05) is 11.8 Å². The first kappa shape index (κ1) is 24.2. The van der Waals surface area contributed by atoms with Crippen LogP contribution in [-0.4, -0.2) is 24.9 Å². The minimum atomic E-state index is -5.04. The number of nitrogens with one attached hydrogen (secondary N) is 1. The lowest BCUT2D eigenvalue weighted by atomic mass is 10.0. The van der Waals surface area contributed by atoms with Crippen LogP contribution in [0.15, 0.2) is 42.5 Å². The Kier molecular flexibility index (Phi) is 7.01. The third kappa shape index (κ3) is 6.28. The van der Waals surface area contributed by atoms with E-state index in [2.05, 4.69) is 17.2 Å². The highest BCUT2D eigenvalue weighted by Crippen LogP contribution is 2.36. The van der Waals surface area contributed by atoms with Gasteiger partial charge in [0.25, 0.3) is 5.91 Å². The number of amides is 2. The van der Waals surface area contributed by atoms with Crippen molar-refractivity contribution >= 4 is 17.5 Å². The van der Waals surface area contributed by atoms with Crippen molar-refractivity contribution in [1.82, 2.24) is 5.32 Å². The van der Waals surface area contributed by atoms with Gasteiger partial charge in [0, 0.05) is 29.8 Å². The first-order valence-electron chi connectivity index (χ1n) is 9.92. The standard InChI is InChI=1S/C23H18F6N2O2/c24-22(25,26)17-12-16(13-18(14-17)23(27,28)29)21(33)30-10-3-4-15-6-8-19(9-7-15)31-11-2-1-5-20(31)32/h6-9,12-14H,1-2,5,10-11H2,(H,30,33). The molecule has 1 heterocycles. The maximum atomic E-state index is 12.9. The predicted octanol–water partition coefficient (Wildman–Crippen LogP) is 5.02. The molecule has 3 rings (SSSR count). The normalized spacial score (nSPS) is 14.5. The van der Waals surface area contributed by atoms with Gasteiger partial charge < -0.3 is 10.2 Å². The molecule has 1 aliphatic heterocycles. The number of rotatable bonds is 3. The predicted molar refractivity (Wildman–Crippen MR) is 108 cm³/mol. The van der Waals surface area contributed by atoms with Gasteiger partial charge in [0.1, 0.15) is 0 Å². The van der Waals surface area contributed by atoms with Gasteiger partial charge in [0.05, 0.1) is 17.7 Å². The van der Waals surface area contributed by atoms with Crippen molar-refractivity contribution in [2.75, 3.05) is 18.0 Å². The zero-order valence-corrected chi connectivity index (χ0v) is 17.1. The van der Waals surface area contributed by atoms with Gasteiger partial charge in [0.15, 0.2) is 0 Å². The fourth-order valence-electron chi connectivity index (χ4n) is 3.26. The van der Waals surface area contributed by atoms with Crippen LogP contribution in [-0.2, 0) is 17.1 Å². The fourth-order valence-corrected chi connectivity index (χ4v) is 3.26. The fraction of sp³-hybridized carbons (Fsp3) is 0.304. The zero-order chi connectivity index (χ0) is 24.2. The summed E-state index contributed by atoms with van der Waals surface area (Å²) in [6, 6.07) is 7.48. The number of carbonyl (C=O) groups excluding carboxylic acids is 2. The second-order valence-corrected chi connectivity index (χ2v) is 7.33. The monoisotopic (exact) mass is 468 g/mol. The molecule has 1 N–H and O–H groups in total. The highest BCUT2D eigenvalue weighted by molar-refractivity contribution is 5.95. The van der Waals surface area contributed by atoms with Crippen molar-refractivity contribution in [2.24, 2.45) is 0 Å². The van der Waals surface area contributed by atoms with Gasteiger partial charge in [-0.2, -0.15) is 26.3 Å². The summed E-state index contributed by atoms with van der Waals surface area (Å²) >= 11 is 0. The Hall–Kier alpha value is -3.48. The minimum Gasteiger partial charge on any atom is -0.341 e. The minimum absolute atomic E-state index is 0.0439.